The van der Waals surface area contributed by atoms with Crippen molar-refractivity contribution in [3.63, 3.8) is 0 Å². The van der Waals surface area contributed by atoms with Crippen molar-refractivity contribution < 1.29 is 0 Å². The lowest BCUT2D eigenvalue weighted by atomic mass is 9.87. The third kappa shape index (κ3) is 9.34. The first-order chi connectivity index (χ1) is 31.6. The molecule has 0 bridgehead atoms. The Kier molecular flexibility index (Phi) is 12.4. The van der Waals surface area contributed by atoms with E-state index in [1.807, 2.05) is 0 Å². The number of nitrogens with zero attached hydrogens (tertiary/aromatic N) is 4. The number of rotatable bonds is 12. The Morgan fingerprint density at radius 1 is 0.292 bits per heavy atom. The Bertz CT molecular complexity index is 2930. The van der Waals surface area contributed by atoms with E-state index in [9.17, 15) is 0 Å². The summed E-state index contributed by atoms with van der Waals surface area (Å²) in [4.78, 5) is 9.53. The summed E-state index contributed by atoms with van der Waals surface area (Å²) in [5.74, 6) is 0. The number of aryl methyl sites for hydroxylation is 2. The van der Waals surface area contributed by atoms with Crippen molar-refractivity contribution >= 4 is 84.2 Å². The fraction of sp³-hybridized carbons (Fsp3) is 0.100. The molecule has 9 aromatic rings. The zero-order valence-corrected chi connectivity index (χ0v) is 39.2. The summed E-state index contributed by atoms with van der Waals surface area (Å²) in [6.07, 6.45) is 0. The van der Waals surface area contributed by atoms with E-state index in [0.717, 1.165) is 72.7 Å². The Morgan fingerprint density at radius 3 is 0.985 bits per heavy atom. The van der Waals surface area contributed by atoms with Crippen molar-refractivity contribution in [3.8, 4) is 0 Å². The van der Waals surface area contributed by atoms with Gasteiger partial charge in [-0.2, -0.15) is 0 Å². The largest absolute Gasteiger partial charge is 0.310 e. The quantitative estimate of drug-likeness (QED) is 0.121. The Morgan fingerprint density at radius 2 is 0.600 bits per heavy atom. The molecule has 0 radical (unpaired) electrons. The van der Waals surface area contributed by atoms with Crippen LogP contribution in [-0.4, -0.2) is 0 Å². The lowest BCUT2D eigenvalue weighted by Crippen LogP contribution is -2.17. The van der Waals surface area contributed by atoms with E-state index >= 15 is 0 Å². The van der Waals surface area contributed by atoms with Crippen LogP contribution in [0.3, 0.4) is 0 Å². The van der Waals surface area contributed by atoms with Crippen LogP contribution in [0.5, 0.6) is 0 Å². The average molecular weight is 910 g/mol. The molecule has 65 heavy (non-hydrogen) atoms. The second-order valence-electron chi connectivity index (χ2n) is 17.4. The zero-order valence-electron chi connectivity index (χ0n) is 37.6. The van der Waals surface area contributed by atoms with E-state index in [0.29, 0.717) is 0 Å². The van der Waals surface area contributed by atoms with Crippen LogP contribution in [-0.2, 0) is 5.41 Å². The molecule has 0 saturated carbocycles. The first-order valence-corrected chi connectivity index (χ1v) is 23.0. The van der Waals surface area contributed by atoms with Crippen LogP contribution >= 0.6 is 15.9 Å². The molecule has 0 amide bonds. The SMILES string of the molecule is Cc1ccccc1N(c1cc(N(c2ccccc2)c2ccccc2)cc(N(c2ccccc2)c2cccc(N(c3ccccc3)c3cc(Br)cc(C(C)(C)C)c3)c2)c1)c1ccccc1C. The summed E-state index contributed by atoms with van der Waals surface area (Å²) in [6.45, 7) is 11.2. The topological polar surface area (TPSA) is 13.0 Å². The molecule has 0 fully saturated rings. The minimum absolute atomic E-state index is 0.0482. The molecule has 4 nitrogen and oxygen atoms in total. The van der Waals surface area contributed by atoms with Gasteiger partial charge in [0.2, 0.25) is 0 Å². The van der Waals surface area contributed by atoms with Gasteiger partial charge in [0.05, 0.1) is 17.1 Å². The molecular formula is C60H53BrN4. The summed E-state index contributed by atoms with van der Waals surface area (Å²) in [7, 11) is 0. The normalized spacial score (nSPS) is 11.2. The summed E-state index contributed by atoms with van der Waals surface area (Å²) < 4.78 is 1.04. The van der Waals surface area contributed by atoms with E-state index in [4.69, 9.17) is 0 Å². The third-order valence-corrected chi connectivity index (χ3v) is 12.2. The molecule has 0 aliphatic rings. The first-order valence-electron chi connectivity index (χ1n) is 22.2. The van der Waals surface area contributed by atoms with Gasteiger partial charge in [-0.3, -0.25) is 0 Å². The second kappa shape index (κ2) is 18.8. The van der Waals surface area contributed by atoms with Crippen LogP contribution in [0.25, 0.3) is 0 Å². The highest BCUT2D eigenvalue weighted by Gasteiger charge is 2.25. The third-order valence-electron chi connectivity index (χ3n) is 11.8. The fourth-order valence-corrected chi connectivity index (χ4v) is 9.04. The minimum Gasteiger partial charge on any atom is -0.310 e. The van der Waals surface area contributed by atoms with Crippen LogP contribution in [0, 0.1) is 13.8 Å². The highest BCUT2D eigenvalue weighted by atomic mass is 79.9. The highest BCUT2D eigenvalue weighted by molar-refractivity contribution is 9.10. The van der Waals surface area contributed by atoms with E-state index < -0.39 is 0 Å². The molecular weight excluding hydrogens is 857 g/mol. The molecule has 0 atom stereocenters. The summed E-state index contributed by atoms with van der Waals surface area (Å²) in [5, 5.41) is 0. The van der Waals surface area contributed by atoms with Crippen molar-refractivity contribution in [2.24, 2.45) is 0 Å². The highest BCUT2D eigenvalue weighted by Crippen LogP contribution is 2.48. The molecule has 0 unspecified atom stereocenters. The van der Waals surface area contributed by atoms with Gasteiger partial charge in [0, 0.05) is 55.7 Å². The van der Waals surface area contributed by atoms with Gasteiger partial charge in [-0.05, 0) is 151 Å². The smallest absolute Gasteiger partial charge is 0.0503 e. The average Bonchev–Trinajstić information content (AvgIpc) is 3.32. The van der Waals surface area contributed by atoms with Crippen molar-refractivity contribution in [3.05, 3.63) is 252 Å². The van der Waals surface area contributed by atoms with Crippen LogP contribution < -0.4 is 19.6 Å². The first kappa shape index (κ1) is 42.9. The van der Waals surface area contributed by atoms with Crippen LogP contribution in [0.15, 0.2) is 235 Å². The molecule has 0 spiro atoms. The molecule has 0 N–H and O–H groups in total. The maximum Gasteiger partial charge on any atom is 0.0503 e. The molecule has 320 valence electrons. The molecule has 0 saturated heterocycles. The predicted molar refractivity (Wildman–Crippen MR) is 281 cm³/mol. The van der Waals surface area contributed by atoms with Crippen molar-refractivity contribution in [1.82, 2.24) is 0 Å². The minimum atomic E-state index is -0.0482. The second-order valence-corrected chi connectivity index (χ2v) is 18.3. The van der Waals surface area contributed by atoms with E-state index in [2.05, 4.69) is 301 Å². The monoisotopic (exact) mass is 908 g/mol. The van der Waals surface area contributed by atoms with Gasteiger partial charge >= 0.3 is 0 Å². The van der Waals surface area contributed by atoms with Crippen LogP contribution in [0.1, 0.15) is 37.5 Å². The van der Waals surface area contributed by atoms with E-state index in [1.54, 1.807) is 0 Å². The predicted octanol–water partition coefficient (Wildman–Crippen LogP) is 18.2. The van der Waals surface area contributed by atoms with Gasteiger partial charge in [0.15, 0.2) is 0 Å². The van der Waals surface area contributed by atoms with Gasteiger partial charge in [0.1, 0.15) is 0 Å². The number of hydrogen-bond acceptors (Lipinski definition) is 4. The number of hydrogen-bond donors (Lipinski definition) is 0. The standard InChI is InChI=1S/C60H53BrN4/c1-44-23-18-20-35-58(44)65(59-36-21-19-24-45(59)2)57-42-55(62(48-25-10-6-11-26-48)49-27-12-7-13-28-49)41-56(43-57)64(51-31-16-9-17-32-51)53-34-22-33-52(40-53)63(50-29-14-8-15-30-50)54-38-46(60(3,4)5)37-47(61)39-54/h6-43H,1-5H3. The molecule has 0 aliphatic carbocycles. The number of benzene rings is 9. The molecule has 0 aromatic heterocycles. The number of halogens is 1. The lowest BCUT2D eigenvalue weighted by Gasteiger charge is -2.34. The lowest BCUT2D eigenvalue weighted by molar-refractivity contribution is 0.590. The zero-order chi connectivity index (χ0) is 44.9. The number of para-hydroxylation sites is 6. The van der Waals surface area contributed by atoms with Gasteiger partial charge in [-0.15, -0.1) is 0 Å². The summed E-state index contributed by atoms with van der Waals surface area (Å²) in [6, 6.07) is 82.8. The maximum atomic E-state index is 3.89. The molecule has 0 aliphatic heterocycles. The molecule has 9 aromatic carbocycles. The van der Waals surface area contributed by atoms with E-state index in [1.165, 1.54) is 16.7 Å². The van der Waals surface area contributed by atoms with Crippen LogP contribution in [0.4, 0.5) is 68.2 Å². The molecule has 0 heterocycles. The fourth-order valence-electron chi connectivity index (χ4n) is 8.56. The Hall–Kier alpha value is -7.34. The summed E-state index contributed by atoms with van der Waals surface area (Å²) >= 11 is 3.89. The van der Waals surface area contributed by atoms with Crippen molar-refractivity contribution in [1.29, 1.82) is 0 Å². The van der Waals surface area contributed by atoms with Gasteiger partial charge in [-0.1, -0.05) is 152 Å². The molecule has 9 rings (SSSR count). The van der Waals surface area contributed by atoms with Crippen molar-refractivity contribution in [2.75, 3.05) is 19.6 Å². The van der Waals surface area contributed by atoms with E-state index in [-0.39, 0.29) is 5.41 Å². The Balaban J connectivity index is 1.32. The molecule has 5 heteroatoms. The summed E-state index contributed by atoms with van der Waals surface area (Å²) in [5.41, 5.74) is 16.3. The van der Waals surface area contributed by atoms with Gasteiger partial charge in [0.25, 0.3) is 0 Å². The van der Waals surface area contributed by atoms with Crippen LogP contribution in [0.2, 0.25) is 0 Å². The van der Waals surface area contributed by atoms with Gasteiger partial charge < -0.3 is 19.6 Å². The number of anilines is 12. The maximum absolute atomic E-state index is 3.89. The van der Waals surface area contributed by atoms with Gasteiger partial charge in [-0.25, -0.2) is 0 Å². The van der Waals surface area contributed by atoms with Crippen molar-refractivity contribution in [2.45, 2.75) is 40.0 Å². The Labute approximate surface area is 393 Å².